The quantitative estimate of drug-likeness (QED) is 0.457. The highest BCUT2D eigenvalue weighted by molar-refractivity contribution is 7.80. The number of anilines is 1. The van der Waals surface area contributed by atoms with Crippen LogP contribution in [-0.4, -0.2) is 21.0 Å². The number of nitrogens with one attached hydrogen (secondary N) is 3. The van der Waals surface area contributed by atoms with Crippen molar-refractivity contribution in [3.63, 3.8) is 0 Å². The minimum Gasteiger partial charge on any atom is -0.329 e. The van der Waals surface area contributed by atoms with Crippen molar-refractivity contribution in [1.29, 1.82) is 0 Å². The van der Waals surface area contributed by atoms with Gasteiger partial charge in [-0.05, 0) is 37.3 Å². The number of aromatic nitrogens is 2. The first-order valence-corrected chi connectivity index (χ1v) is 5.93. The van der Waals surface area contributed by atoms with Gasteiger partial charge in [-0.1, -0.05) is 12.1 Å². The molecule has 1 aromatic heterocycles. The summed E-state index contributed by atoms with van der Waals surface area (Å²) in [6.45, 7) is 1.80. The van der Waals surface area contributed by atoms with E-state index in [9.17, 15) is 4.39 Å². The lowest BCUT2D eigenvalue weighted by atomic mass is 10.3. The van der Waals surface area contributed by atoms with Crippen molar-refractivity contribution in [1.82, 2.24) is 15.6 Å². The van der Waals surface area contributed by atoms with Gasteiger partial charge in [0.25, 0.3) is 0 Å². The van der Waals surface area contributed by atoms with Crippen LogP contribution in [0.25, 0.3) is 0 Å². The van der Waals surface area contributed by atoms with E-state index < -0.39 is 0 Å². The van der Waals surface area contributed by atoms with E-state index in [1.54, 1.807) is 37.4 Å². The minimum absolute atomic E-state index is 0.212. The van der Waals surface area contributed by atoms with Gasteiger partial charge in [-0.3, -0.25) is 10.5 Å². The molecule has 0 saturated heterocycles. The molecule has 0 spiro atoms. The van der Waals surface area contributed by atoms with Crippen molar-refractivity contribution < 1.29 is 4.39 Å². The lowest BCUT2D eigenvalue weighted by molar-refractivity contribution is 0.632. The summed E-state index contributed by atoms with van der Waals surface area (Å²) < 4.78 is 13.4. The largest absolute Gasteiger partial charge is 0.329 e. The molecule has 0 bridgehead atoms. The van der Waals surface area contributed by atoms with Crippen molar-refractivity contribution in [3.8, 4) is 0 Å². The summed E-state index contributed by atoms with van der Waals surface area (Å²) in [6.07, 6.45) is 1.63. The summed E-state index contributed by atoms with van der Waals surface area (Å²) in [5, 5.41) is 13.6. The second kappa shape index (κ2) is 6.05. The number of nitrogens with zero attached hydrogens (tertiary/aromatic N) is 2. The van der Waals surface area contributed by atoms with Gasteiger partial charge < -0.3 is 5.32 Å². The summed E-state index contributed by atoms with van der Waals surface area (Å²) in [7, 11) is 0. The smallest absolute Gasteiger partial charge is 0.191 e. The molecule has 0 aliphatic rings. The fourth-order valence-corrected chi connectivity index (χ4v) is 1.52. The maximum Gasteiger partial charge on any atom is 0.191 e. The second-order valence-electron chi connectivity index (χ2n) is 3.71. The predicted molar refractivity (Wildman–Crippen MR) is 76.6 cm³/mol. The number of hydrogen-bond donors (Lipinski definition) is 3. The monoisotopic (exact) mass is 277 g/mol. The van der Waals surface area contributed by atoms with Crippen LogP contribution in [0.4, 0.5) is 10.1 Å². The van der Waals surface area contributed by atoms with Crippen LogP contribution < -0.4 is 10.7 Å². The van der Waals surface area contributed by atoms with Gasteiger partial charge in [0.1, 0.15) is 5.82 Å². The Labute approximate surface area is 114 Å². The Hall–Kier alpha value is -2.28. The Morgan fingerprint density at radius 3 is 2.84 bits per heavy atom. The molecule has 0 atom stereocenters. The first-order valence-electron chi connectivity index (χ1n) is 5.52. The van der Waals surface area contributed by atoms with Gasteiger partial charge in [0, 0.05) is 6.20 Å². The average Bonchev–Trinajstić information content (AvgIpc) is 2.93. The highest BCUT2D eigenvalue weighted by atomic mass is 32.1. The van der Waals surface area contributed by atoms with E-state index in [2.05, 4.69) is 26.0 Å². The Kier molecular flexibility index (Phi) is 4.19. The van der Waals surface area contributed by atoms with Crippen molar-refractivity contribution in [2.45, 2.75) is 6.92 Å². The maximum absolute atomic E-state index is 13.4. The molecule has 0 fully saturated rings. The molecule has 0 amide bonds. The van der Waals surface area contributed by atoms with Crippen molar-refractivity contribution in [2.24, 2.45) is 5.10 Å². The normalized spacial score (nSPS) is 11.2. The van der Waals surface area contributed by atoms with Gasteiger partial charge in [0.2, 0.25) is 0 Å². The Balaban J connectivity index is 1.96. The minimum atomic E-state index is -0.374. The highest BCUT2D eigenvalue weighted by Crippen LogP contribution is 2.11. The van der Waals surface area contributed by atoms with E-state index in [1.165, 1.54) is 6.07 Å². The fourth-order valence-electron chi connectivity index (χ4n) is 1.37. The maximum atomic E-state index is 13.4. The molecular weight excluding hydrogens is 265 g/mol. The van der Waals surface area contributed by atoms with Crippen LogP contribution >= 0.6 is 12.2 Å². The molecule has 0 aliphatic carbocycles. The van der Waals surface area contributed by atoms with Crippen molar-refractivity contribution >= 4 is 28.7 Å². The molecule has 1 aromatic carbocycles. The molecule has 5 nitrogen and oxygen atoms in total. The number of rotatable bonds is 3. The topological polar surface area (TPSA) is 65.1 Å². The van der Waals surface area contributed by atoms with Gasteiger partial charge in [-0.15, -0.1) is 0 Å². The molecule has 0 radical (unpaired) electrons. The first kappa shape index (κ1) is 13.2. The molecule has 0 unspecified atom stereocenters. The van der Waals surface area contributed by atoms with E-state index in [0.717, 1.165) is 5.69 Å². The van der Waals surface area contributed by atoms with Gasteiger partial charge >= 0.3 is 0 Å². The lowest BCUT2D eigenvalue weighted by Crippen LogP contribution is -2.25. The number of thiocarbonyl (C=S) groups is 1. The fraction of sp³-hybridized carbons (Fsp3) is 0.0833. The number of halogens is 1. The Bertz CT molecular complexity index is 594. The van der Waals surface area contributed by atoms with Gasteiger partial charge in [-0.2, -0.15) is 10.2 Å². The molecule has 0 saturated carbocycles. The molecule has 98 valence electrons. The molecule has 1 heterocycles. The van der Waals surface area contributed by atoms with Crippen molar-refractivity contribution in [2.75, 3.05) is 5.32 Å². The van der Waals surface area contributed by atoms with E-state index in [0.29, 0.717) is 11.4 Å². The molecule has 3 N–H and O–H groups in total. The number of H-pyrrole nitrogens is 1. The van der Waals surface area contributed by atoms with Crippen molar-refractivity contribution in [3.05, 3.63) is 48.0 Å². The highest BCUT2D eigenvalue weighted by Gasteiger charge is 2.03. The average molecular weight is 277 g/mol. The van der Waals surface area contributed by atoms with Crippen LogP contribution in [0.3, 0.4) is 0 Å². The third-order valence-corrected chi connectivity index (χ3v) is 2.53. The zero-order valence-corrected chi connectivity index (χ0v) is 11.0. The van der Waals surface area contributed by atoms with E-state index in [4.69, 9.17) is 12.2 Å². The van der Waals surface area contributed by atoms with E-state index in [1.807, 2.05) is 0 Å². The molecule has 2 aromatic rings. The summed E-state index contributed by atoms with van der Waals surface area (Å²) >= 11 is 5.02. The lowest BCUT2D eigenvalue weighted by Gasteiger charge is -2.08. The van der Waals surface area contributed by atoms with Crippen LogP contribution in [0.1, 0.15) is 12.6 Å². The van der Waals surface area contributed by atoms with E-state index >= 15 is 0 Å². The first-order chi connectivity index (χ1) is 9.16. The SMILES string of the molecule is C/C(=N\NC(=S)Nc1ccccc1F)c1ccn[nH]1. The van der Waals surface area contributed by atoms with Crippen LogP contribution in [0, 0.1) is 5.82 Å². The number of hydrazone groups is 1. The molecule has 2 rings (SSSR count). The standard InChI is InChI=1S/C12H12FN5S/c1-8(10-6-7-14-17-10)16-18-12(19)15-11-5-3-2-4-9(11)13/h2-7H,1H3,(H,14,17)(H2,15,18,19)/b16-8+. The summed E-state index contributed by atoms with van der Waals surface area (Å²) in [5.41, 5.74) is 4.41. The summed E-state index contributed by atoms with van der Waals surface area (Å²) in [4.78, 5) is 0. The zero-order chi connectivity index (χ0) is 13.7. The van der Waals surface area contributed by atoms with Crippen LogP contribution in [0.5, 0.6) is 0 Å². The molecule has 7 heteroatoms. The van der Waals surface area contributed by atoms with Crippen LogP contribution in [0.2, 0.25) is 0 Å². The summed E-state index contributed by atoms with van der Waals surface area (Å²) in [6, 6.07) is 8.05. The number of benzene rings is 1. The zero-order valence-electron chi connectivity index (χ0n) is 10.1. The van der Waals surface area contributed by atoms with Gasteiger partial charge in [-0.25, -0.2) is 4.39 Å². The second-order valence-corrected chi connectivity index (χ2v) is 4.12. The van der Waals surface area contributed by atoms with Crippen LogP contribution in [0.15, 0.2) is 41.6 Å². The summed E-state index contributed by atoms with van der Waals surface area (Å²) in [5.74, 6) is -0.374. The molecular formula is C12H12FN5S. The predicted octanol–water partition coefficient (Wildman–Crippen LogP) is 2.26. The molecule has 19 heavy (non-hydrogen) atoms. The number of aromatic amines is 1. The Morgan fingerprint density at radius 2 is 2.16 bits per heavy atom. The number of hydrogen-bond acceptors (Lipinski definition) is 3. The number of para-hydroxylation sites is 1. The molecule has 0 aliphatic heterocycles. The Morgan fingerprint density at radius 1 is 1.37 bits per heavy atom. The van der Waals surface area contributed by atoms with Crippen LogP contribution in [-0.2, 0) is 0 Å². The van der Waals surface area contributed by atoms with E-state index in [-0.39, 0.29) is 10.9 Å². The third kappa shape index (κ3) is 3.59. The third-order valence-electron chi connectivity index (χ3n) is 2.34. The van der Waals surface area contributed by atoms with Gasteiger partial charge in [0.15, 0.2) is 5.11 Å². The van der Waals surface area contributed by atoms with Gasteiger partial charge in [0.05, 0.1) is 17.1 Å².